The number of nitrogens with one attached hydrogen (secondary N) is 1. The molecule has 8 nitrogen and oxygen atoms in total. The molecule has 1 amide bonds. The molecule has 0 spiro atoms. The summed E-state index contributed by atoms with van der Waals surface area (Å²) in [7, 11) is 0. The van der Waals surface area contributed by atoms with Gasteiger partial charge in [-0.05, 0) is 12.1 Å². The van der Waals surface area contributed by atoms with Crippen molar-refractivity contribution in [3.63, 3.8) is 0 Å². The Morgan fingerprint density at radius 2 is 2.10 bits per heavy atom. The summed E-state index contributed by atoms with van der Waals surface area (Å²) in [5.74, 6) is -2.04. The Morgan fingerprint density at radius 1 is 1.45 bits per heavy atom. The zero-order chi connectivity index (χ0) is 15.3. The number of amides is 1. The van der Waals surface area contributed by atoms with Crippen LogP contribution in [0.25, 0.3) is 0 Å². The predicted octanol–water partition coefficient (Wildman–Crippen LogP) is 0.814. The summed E-state index contributed by atoms with van der Waals surface area (Å²) in [5.41, 5.74) is -0.363. The maximum absolute atomic E-state index is 11.8. The third-order valence-electron chi connectivity index (χ3n) is 2.43. The monoisotopic (exact) mass is 302 g/mol. The Bertz CT molecular complexity index is 548. The minimum Gasteiger partial charge on any atom is -0.480 e. The molecule has 0 aliphatic rings. The van der Waals surface area contributed by atoms with E-state index >= 15 is 0 Å². The summed E-state index contributed by atoms with van der Waals surface area (Å²) in [6.07, 6.45) is -0.151. The highest BCUT2D eigenvalue weighted by Crippen LogP contribution is 2.24. The van der Waals surface area contributed by atoms with Crippen molar-refractivity contribution in [2.45, 2.75) is 12.5 Å². The van der Waals surface area contributed by atoms with E-state index in [1.807, 2.05) is 0 Å². The number of hydrogen-bond acceptors (Lipinski definition) is 5. The van der Waals surface area contributed by atoms with Crippen molar-refractivity contribution in [2.75, 3.05) is 6.61 Å². The van der Waals surface area contributed by atoms with Gasteiger partial charge in [-0.3, -0.25) is 14.9 Å². The number of hydrogen-bond donors (Lipinski definition) is 3. The second kappa shape index (κ2) is 6.83. The number of nitrogens with zero attached hydrogens (tertiary/aromatic N) is 1. The first-order valence-electron chi connectivity index (χ1n) is 5.45. The summed E-state index contributed by atoms with van der Waals surface area (Å²) < 4.78 is 0. The normalized spacial score (nSPS) is 11.7. The first-order valence-corrected chi connectivity index (χ1v) is 5.83. The lowest BCUT2D eigenvalue weighted by Crippen LogP contribution is -2.41. The molecule has 20 heavy (non-hydrogen) atoms. The van der Waals surface area contributed by atoms with E-state index in [4.69, 9.17) is 21.8 Å². The third-order valence-corrected chi connectivity index (χ3v) is 2.73. The Kier molecular flexibility index (Phi) is 5.42. The van der Waals surface area contributed by atoms with Crippen molar-refractivity contribution in [1.29, 1.82) is 0 Å². The number of aliphatic carboxylic acids is 1. The molecule has 1 atom stereocenters. The number of carbonyl (C=O) groups is 2. The second-order valence-corrected chi connectivity index (χ2v) is 4.21. The molecular weight excluding hydrogens is 292 g/mol. The first kappa shape index (κ1) is 15.9. The van der Waals surface area contributed by atoms with Crippen LogP contribution in [0.15, 0.2) is 18.2 Å². The van der Waals surface area contributed by atoms with Gasteiger partial charge in [0.1, 0.15) is 11.1 Å². The highest BCUT2D eigenvalue weighted by Gasteiger charge is 2.21. The fraction of sp³-hybridized carbons (Fsp3) is 0.273. The molecule has 9 heteroatoms. The van der Waals surface area contributed by atoms with E-state index in [1.54, 1.807) is 0 Å². The van der Waals surface area contributed by atoms with Gasteiger partial charge in [0.25, 0.3) is 11.6 Å². The van der Waals surface area contributed by atoms with Gasteiger partial charge in [0.2, 0.25) is 0 Å². The van der Waals surface area contributed by atoms with Crippen molar-refractivity contribution < 1.29 is 24.7 Å². The van der Waals surface area contributed by atoms with Gasteiger partial charge in [-0.1, -0.05) is 11.6 Å². The first-order chi connectivity index (χ1) is 9.36. The summed E-state index contributed by atoms with van der Waals surface area (Å²) in [6, 6.07) is 2.05. The molecule has 1 unspecified atom stereocenters. The molecule has 0 aromatic heterocycles. The molecule has 0 aliphatic carbocycles. The maximum atomic E-state index is 11.8. The van der Waals surface area contributed by atoms with E-state index in [2.05, 4.69) is 5.32 Å². The van der Waals surface area contributed by atoms with Crippen LogP contribution in [0.1, 0.15) is 16.8 Å². The molecule has 0 saturated carbocycles. The number of nitro groups is 1. The van der Waals surface area contributed by atoms with Crippen LogP contribution in [0.2, 0.25) is 5.02 Å². The predicted molar refractivity (Wildman–Crippen MR) is 68.7 cm³/mol. The molecule has 0 fully saturated rings. The van der Waals surface area contributed by atoms with Gasteiger partial charge in [0, 0.05) is 24.7 Å². The Morgan fingerprint density at radius 3 is 2.55 bits per heavy atom. The fourth-order valence-electron chi connectivity index (χ4n) is 1.42. The van der Waals surface area contributed by atoms with E-state index < -0.39 is 29.4 Å². The number of carboxylic acids is 1. The number of nitro benzene ring substituents is 1. The molecule has 1 aromatic rings. The largest absolute Gasteiger partial charge is 0.480 e. The lowest BCUT2D eigenvalue weighted by Gasteiger charge is -2.13. The lowest BCUT2D eigenvalue weighted by atomic mass is 10.1. The van der Waals surface area contributed by atoms with Gasteiger partial charge in [0.05, 0.1) is 4.92 Å². The number of benzene rings is 1. The lowest BCUT2D eigenvalue weighted by molar-refractivity contribution is -0.384. The second-order valence-electron chi connectivity index (χ2n) is 3.80. The van der Waals surface area contributed by atoms with Crippen molar-refractivity contribution in [2.24, 2.45) is 0 Å². The molecule has 3 N–H and O–H groups in total. The average Bonchev–Trinajstić information content (AvgIpc) is 2.37. The number of aliphatic hydroxyl groups is 1. The van der Waals surface area contributed by atoms with E-state index in [0.717, 1.165) is 18.2 Å². The minimum absolute atomic E-state index is 0.00945. The van der Waals surface area contributed by atoms with Crippen LogP contribution in [-0.2, 0) is 4.79 Å². The van der Waals surface area contributed by atoms with Gasteiger partial charge in [0.15, 0.2) is 0 Å². The molecule has 0 bridgehead atoms. The Hall–Kier alpha value is -2.19. The van der Waals surface area contributed by atoms with Crippen LogP contribution in [-0.4, -0.2) is 39.7 Å². The summed E-state index contributed by atoms with van der Waals surface area (Å²) in [6.45, 7) is -0.404. The fourth-order valence-corrected chi connectivity index (χ4v) is 1.67. The third kappa shape index (κ3) is 3.90. The van der Waals surface area contributed by atoms with Crippen LogP contribution >= 0.6 is 11.6 Å². The van der Waals surface area contributed by atoms with E-state index in [0.29, 0.717) is 0 Å². The number of aliphatic hydroxyl groups excluding tert-OH is 1. The topological polar surface area (TPSA) is 130 Å². The Labute approximate surface area is 118 Å². The van der Waals surface area contributed by atoms with Crippen LogP contribution in [0.5, 0.6) is 0 Å². The number of rotatable bonds is 6. The zero-order valence-electron chi connectivity index (χ0n) is 10.1. The highest BCUT2D eigenvalue weighted by molar-refractivity contribution is 6.33. The van der Waals surface area contributed by atoms with Crippen molar-refractivity contribution in [3.8, 4) is 0 Å². The maximum Gasteiger partial charge on any atom is 0.326 e. The standard InChI is InChI=1S/C11H11ClN2O6/c12-7-5-6(1-2-9(7)14(19)20)10(16)13-8(3-4-15)11(17)18/h1-2,5,8,15H,3-4H2,(H,13,16)(H,17,18). The summed E-state index contributed by atoms with van der Waals surface area (Å²) >= 11 is 5.65. The molecule has 0 aliphatic heterocycles. The smallest absolute Gasteiger partial charge is 0.326 e. The molecule has 0 heterocycles. The van der Waals surface area contributed by atoms with Crippen molar-refractivity contribution >= 4 is 29.2 Å². The molecule has 1 aromatic carbocycles. The van der Waals surface area contributed by atoms with E-state index in [9.17, 15) is 19.7 Å². The van der Waals surface area contributed by atoms with Gasteiger partial charge >= 0.3 is 5.97 Å². The number of carbonyl (C=O) groups excluding carboxylic acids is 1. The molecule has 1 rings (SSSR count). The van der Waals surface area contributed by atoms with Crippen LogP contribution in [0.4, 0.5) is 5.69 Å². The summed E-state index contributed by atoms with van der Waals surface area (Å²) in [5, 5.41) is 30.1. The van der Waals surface area contributed by atoms with Gasteiger partial charge in [-0.25, -0.2) is 4.79 Å². The zero-order valence-corrected chi connectivity index (χ0v) is 10.8. The van der Waals surface area contributed by atoms with E-state index in [1.165, 1.54) is 0 Å². The molecule has 108 valence electrons. The van der Waals surface area contributed by atoms with Crippen LogP contribution in [0.3, 0.4) is 0 Å². The van der Waals surface area contributed by atoms with Crippen molar-refractivity contribution in [3.05, 3.63) is 38.9 Å². The van der Waals surface area contributed by atoms with Gasteiger partial charge < -0.3 is 15.5 Å². The van der Waals surface area contributed by atoms with E-state index in [-0.39, 0.29) is 22.7 Å². The van der Waals surface area contributed by atoms with Gasteiger partial charge in [-0.15, -0.1) is 0 Å². The molecular formula is C11H11ClN2O6. The highest BCUT2D eigenvalue weighted by atomic mass is 35.5. The van der Waals surface area contributed by atoms with Crippen LogP contribution in [0, 0.1) is 10.1 Å². The molecule has 0 saturated heterocycles. The minimum atomic E-state index is -1.29. The molecule has 0 radical (unpaired) electrons. The SMILES string of the molecule is O=C(NC(CCO)C(=O)O)c1ccc([N+](=O)[O-])c(Cl)c1. The van der Waals surface area contributed by atoms with Crippen molar-refractivity contribution in [1.82, 2.24) is 5.32 Å². The average molecular weight is 303 g/mol. The number of carboxylic acid groups (broad SMARTS) is 1. The van der Waals surface area contributed by atoms with Gasteiger partial charge in [-0.2, -0.15) is 0 Å². The van der Waals surface area contributed by atoms with Crippen LogP contribution < -0.4 is 5.32 Å². The quantitative estimate of drug-likeness (QED) is 0.526. The number of halogens is 1. The Balaban J connectivity index is 2.90. The summed E-state index contributed by atoms with van der Waals surface area (Å²) in [4.78, 5) is 32.5.